The van der Waals surface area contributed by atoms with Crippen molar-refractivity contribution in [1.82, 2.24) is 4.90 Å². The lowest BCUT2D eigenvalue weighted by molar-refractivity contribution is -0.385. The summed E-state index contributed by atoms with van der Waals surface area (Å²) in [5.74, 6) is -1.43. The number of nitrogens with zero attached hydrogens (tertiary/aromatic N) is 2. The monoisotopic (exact) mass is 319 g/mol. The van der Waals surface area contributed by atoms with E-state index in [1.807, 2.05) is 13.8 Å². The van der Waals surface area contributed by atoms with Crippen molar-refractivity contribution < 1.29 is 14.1 Å². The zero-order valence-corrected chi connectivity index (χ0v) is 12.9. The second-order valence-corrected chi connectivity index (χ2v) is 5.45. The van der Waals surface area contributed by atoms with Gasteiger partial charge in [-0.05, 0) is 18.0 Å². The van der Waals surface area contributed by atoms with Gasteiger partial charge in [0, 0.05) is 19.7 Å². The number of nitrogens with two attached hydrogens (primary N) is 1. The third kappa shape index (κ3) is 4.95. The summed E-state index contributed by atoms with van der Waals surface area (Å²) in [6, 6.07) is 2.98. The van der Waals surface area contributed by atoms with Crippen molar-refractivity contribution in [3.8, 4) is 0 Å². The van der Waals surface area contributed by atoms with Crippen LogP contribution in [0.15, 0.2) is 18.2 Å². The first-order valence-corrected chi connectivity index (χ1v) is 6.07. The molecule has 21 heavy (non-hydrogen) atoms. The molecule has 0 saturated heterocycles. The lowest BCUT2D eigenvalue weighted by atomic mass is 9.93. The predicted octanol–water partition coefficient (Wildman–Crippen LogP) is 2.21. The van der Waals surface area contributed by atoms with Gasteiger partial charge < -0.3 is 10.6 Å². The number of non-ortho nitro benzene ring substituents is 1. The Kier molecular flexibility index (Phi) is 6.72. The average molecular weight is 320 g/mol. The van der Waals surface area contributed by atoms with E-state index in [1.54, 1.807) is 7.05 Å². The van der Waals surface area contributed by atoms with Crippen LogP contribution in [-0.2, 0) is 0 Å². The lowest BCUT2D eigenvalue weighted by Crippen LogP contribution is -2.40. The second-order valence-electron chi connectivity index (χ2n) is 5.45. The molecule has 0 unspecified atom stereocenters. The fraction of sp³-hybridized carbons (Fsp3) is 0.462. The zero-order valence-electron chi connectivity index (χ0n) is 12.1. The quantitative estimate of drug-likeness (QED) is 0.665. The molecule has 1 amide bonds. The van der Waals surface area contributed by atoms with E-state index in [2.05, 4.69) is 0 Å². The number of nitro benzene ring substituents is 1. The van der Waals surface area contributed by atoms with E-state index in [-0.39, 0.29) is 29.1 Å². The van der Waals surface area contributed by atoms with Gasteiger partial charge >= 0.3 is 0 Å². The highest BCUT2D eigenvalue weighted by atomic mass is 35.5. The van der Waals surface area contributed by atoms with Crippen LogP contribution >= 0.6 is 12.4 Å². The maximum atomic E-state index is 13.8. The van der Waals surface area contributed by atoms with E-state index in [0.29, 0.717) is 13.1 Å². The molecule has 0 fully saturated rings. The third-order valence-electron chi connectivity index (χ3n) is 2.96. The zero-order chi connectivity index (χ0) is 15.5. The Hall–Kier alpha value is -1.73. The molecule has 0 aliphatic rings. The summed E-state index contributed by atoms with van der Waals surface area (Å²) >= 11 is 0. The van der Waals surface area contributed by atoms with Gasteiger partial charge in [-0.2, -0.15) is 0 Å². The molecular formula is C13H19ClFN3O3. The molecule has 1 aromatic carbocycles. The molecule has 8 heteroatoms. The van der Waals surface area contributed by atoms with Gasteiger partial charge in [0.15, 0.2) is 0 Å². The van der Waals surface area contributed by atoms with Crippen LogP contribution in [-0.4, -0.2) is 35.9 Å². The molecule has 6 nitrogen and oxygen atoms in total. The van der Waals surface area contributed by atoms with Gasteiger partial charge in [-0.3, -0.25) is 14.9 Å². The Bertz CT molecular complexity index is 537. The SMILES string of the molecule is CN(CC(C)(C)CN)C(=O)c1ccc([N+](=O)[O-])cc1F.Cl. The summed E-state index contributed by atoms with van der Waals surface area (Å²) in [6.45, 7) is 4.53. The van der Waals surface area contributed by atoms with E-state index in [0.717, 1.165) is 18.2 Å². The normalized spacial score (nSPS) is 10.7. The summed E-state index contributed by atoms with van der Waals surface area (Å²) in [6.07, 6.45) is 0. The molecule has 0 atom stereocenters. The standard InChI is InChI=1S/C13H18FN3O3.ClH/c1-13(2,7-15)8-16(3)12(18)10-5-4-9(17(19)20)6-11(10)14;/h4-6H,7-8,15H2,1-3H3;1H. The number of halogens is 2. The fourth-order valence-electron chi connectivity index (χ4n) is 1.78. The summed E-state index contributed by atoms with van der Waals surface area (Å²) in [4.78, 5) is 23.3. The maximum absolute atomic E-state index is 13.8. The molecule has 0 aromatic heterocycles. The Morgan fingerprint density at radius 2 is 2.05 bits per heavy atom. The maximum Gasteiger partial charge on any atom is 0.272 e. The summed E-state index contributed by atoms with van der Waals surface area (Å²) in [7, 11) is 1.54. The minimum absolute atomic E-state index is 0. The van der Waals surface area contributed by atoms with Crippen molar-refractivity contribution in [3.05, 3.63) is 39.7 Å². The molecule has 0 aliphatic heterocycles. The smallest absolute Gasteiger partial charge is 0.272 e. The average Bonchev–Trinajstić information content (AvgIpc) is 2.37. The highest BCUT2D eigenvalue weighted by molar-refractivity contribution is 5.94. The molecule has 0 bridgehead atoms. The topological polar surface area (TPSA) is 89.5 Å². The summed E-state index contributed by atoms with van der Waals surface area (Å²) in [5.41, 5.74) is 4.73. The molecule has 1 aromatic rings. The molecule has 0 aliphatic carbocycles. The minimum Gasteiger partial charge on any atom is -0.341 e. The van der Waals surface area contributed by atoms with Crippen LogP contribution in [0, 0.1) is 21.3 Å². The highest BCUT2D eigenvalue weighted by Crippen LogP contribution is 2.20. The Morgan fingerprint density at radius 1 is 1.48 bits per heavy atom. The predicted molar refractivity (Wildman–Crippen MR) is 80.1 cm³/mol. The number of hydrogen-bond donors (Lipinski definition) is 1. The van der Waals surface area contributed by atoms with Crippen LogP contribution in [0.2, 0.25) is 0 Å². The lowest BCUT2D eigenvalue weighted by Gasteiger charge is -2.29. The summed E-state index contributed by atoms with van der Waals surface area (Å²) < 4.78 is 13.8. The number of hydrogen-bond acceptors (Lipinski definition) is 4. The van der Waals surface area contributed by atoms with Gasteiger partial charge in [-0.25, -0.2) is 4.39 Å². The molecule has 0 radical (unpaired) electrons. The third-order valence-corrected chi connectivity index (χ3v) is 2.96. The first-order valence-electron chi connectivity index (χ1n) is 6.07. The van der Waals surface area contributed by atoms with Crippen LogP contribution in [0.4, 0.5) is 10.1 Å². The molecule has 0 spiro atoms. The molecule has 0 heterocycles. The van der Waals surface area contributed by atoms with Crippen molar-refractivity contribution in [2.75, 3.05) is 20.1 Å². The van der Waals surface area contributed by atoms with Gasteiger partial charge in [0.1, 0.15) is 5.82 Å². The van der Waals surface area contributed by atoms with Crippen LogP contribution in [0.1, 0.15) is 24.2 Å². The van der Waals surface area contributed by atoms with Gasteiger partial charge in [-0.1, -0.05) is 13.8 Å². The molecule has 0 saturated carbocycles. The van der Waals surface area contributed by atoms with E-state index < -0.39 is 16.6 Å². The van der Waals surface area contributed by atoms with Crippen LogP contribution in [0.25, 0.3) is 0 Å². The number of carbonyl (C=O) groups is 1. The van der Waals surface area contributed by atoms with Crippen LogP contribution in [0.5, 0.6) is 0 Å². The largest absolute Gasteiger partial charge is 0.341 e. The first-order chi connectivity index (χ1) is 9.18. The highest BCUT2D eigenvalue weighted by Gasteiger charge is 2.24. The number of nitro groups is 1. The van der Waals surface area contributed by atoms with E-state index >= 15 is 0 Å². The number of carbonyl (C=O) groups excluding carboxylic acids is 1. The minimum atomic E-state index is -0.901. The molecule has 118 valence electrons. The first kappa shape index (κ1) is 19.3. The van der Waals surface area contributed by atoms with Crippen molar-refractivity contribution in [3.63, 3.8) is 0 Å². The Labute approximate surface area is 128 Å². The molecule has 2 N–H and O–H groups in total. The van der Waals surface area contributed by atoms with E-state index in [1.165, 1.54) is 4.90 Å². The van der Waals surface area contributed by atoms with Gasteiger partial charge in [-0.15, -0.1) is 12.4 Å². The van der Waals surface area contributed by atoms with E-state index in [4.69, 9.17) is 5.73 Å². The van der Waals surface area contributed by atoms with Crippen molar-refractivity contribution >= 4 is 24.0 Å². The number of rotatable bonds is 5. The number of amides is 1. The van der Waals surface area contributed by atoms with E-state index in [9.17, 15) is 19.3 Å². The van der Waals surface area contributed by atoms with Gasteiger partial charge in [0.05, 0.1) is 16.6 Å². The summed E-state index contributed by atoms with van der Waals surface area (Å²) in [5, 5.41) is 10.5. The Morgan fingerprint density at radius 3 is 2.48 bits per heavy atom. The van der Waals surface area contributed by atoms with Crippen LogP contribution < -0.4 is 5.73 Å². The second kappa shape index (κ2) is 7.33. The van der Waals surface area contributed by atoms with Crippen molar-refractivity contribution in [2.24, 2.45) is 11.1 Å². The van der Waals surface area contributed by atoms with Crippen molar-refractivity contribution in [1.29, 1.82) is 0 Å². The van der Waals surface area contributed by atoms with Gasteiger partial charge in [0.2, 0.25) is 0 Å². The fourth-order valence-corrected chi connectivity index (χ4v) is 1.78. The number of benzene rings is 1. The molecule has 1 rings (SSSR count). The van der Waals surface area contributed by atoms with Gasteiger partial charge in [0.25, 0.3) is 11.6 Å². The molecular weight excluding hydrogens is 301 g/mol. The van der Waals surface area contributed by atoms with Crippen LogP contribution in [0.3, 0.4) is 0 Å². The Balaban J connectivity index is 0.00000400. The van der Waals surface area contributed by atoms with Crippen molar-refractivity contribution in [2.45, 2.75) is 13.8 Å².